The molecular weight excluding hydrogens is 961 g/mol. The van der Waals surface area contributed by atoms with Gasteiger partial charge in [-0.25, -0.2) is 10.4 Å². The molecule has 2 N–H and O–H groups in total. The van der Waals surface area contributed by atoms with Crippen molar-refractivity contribution in [1.29, 1.82) is 5.26 Å². The number of hydrazine groups is 1. The van der Waals surface area contributed by atoms with Crippen LogP contribution >= 0.6 is 11.3 Å². The fourth-order valence-electron chi connectivity index (χ4n) is 11.9. The minimum atomic E-state index is -1.10. The van der Waals surface area contributed by atoms with E-state index in [4.69, 9.17) is 33.7 Å². The highest BCUT2D eigenvalue weighted by atomic mass is 32.1. The van der Waals surface area contributed by atoms with Gasteiger partial charge in [0.1, 0.15) is 23.2 Å². The molecule has 4 aromatic rings. The van der Waals surface area contributed by atoms with Crippen LogP contribution in [-0.4, -0.2) is 163 Å². The topological polar surface area (TPSA) is 189 Å². The normalized spacial score (nSPS) is 26.8. The second-order valence-corrected chi connectivity index (χ2v) is 23.1. The Morgan fingerprint density at radius 3 is 2.55 bits per heavy atom. The molecule has 19 heteroatoms. The Balaban J connectivity index is 1.07. The first-order valence-corrected chi connectivity index (χ1v) is 28.0. The number of pyridine rings is 1. The van der Waals surface area contributed by atoms with Crippen molar-refractivity contribution >= 4 is 45.7 Å². The van der Waals surface area contributed by atoms with Crippen LogP contribution in [0.3, 0.4) is 0 Å². The van der Waals surface area contributed by atoms with Gasteiger partial charge in [-0.05, 0) is 82.1 Å². The lowest BCUT2D eigenvalue weighted by atomic mass is 9.84. The summed E-state index contributed by atoms with van der Waals surface area (Å²) >= 11 is 1.44. The molecule has 5 saturated heterocycles. The zero-order valence-corrected chi connectivity index (χ0v) is 44.2. The first-order valence-electron chi connectivity index (χ1n) is 27.1. The van der Waals surface area contributed by atoms with Gasteiger partial charge < -0.3 is 38.5 Å². The van der Waals surface area contributed by atoms with E-state index in [0.717, 1.165) is 95.4 Å². The number of thiazole rings is 1. The average molecular weight is 1030 g/mol. The maximum atomic E-state index is 15.1. The Morgan fingerprint density at radius 1 is 1.01 bits per heavy atom. The van der Waals surface area contributed by atoms with Crippen LogP contribution in [0.1, 0.15) is 101 Å². The van der Waals surface area contributed by atoms with Crippen molar-refractivity contribution in [3.63, 3.8) is 0 Å². The SMILES string of the molecule is CO[C@@H](C)c1ncc(N2CCN(C3CC3)CC2)cc1-c1c2c3cc(ccc3n1CCOC1CCOCC1)-c1csc(n1)[C@@H](N1CC[C@@H](C#N)C1)[C@H](NC(=O)C1CCO1)C(=O)N1CCC[C@H](N1)C(=O)OCC(C)(C)C2. The lowest BCUT2D eigenvalue weighted by Crippen LogP contribution is -2.63. The number of anilines is 1. The van der Waals surface area contributed by atoms with Gasteiger partial charge >= 0.3 is 5.97 Å². The number of nitrogens with zero attached hydrogens (tertiary/aromatic N) is 8. The lowest BCUT2D eigenvalue weighted by Gasteiger charge is -2.39. The minimum absolute atomic E-state index is 0.114. The summed E-state index contributed by atoms with van der Waals surface area (Å²) in [6.07, 6.45) is 8.16. The number of aromatic nitrogens is 3. The maximum absolute atomic E-state index is 15.1. The van der Waals surface area contributed by atoms with Gasteiger partial charge in [0.05, 0.1) is 79.0 Å². The van der Waals surface area contributed by atoms with Crippen LogP contribution in [0.15, 0.2) is 35.8 Å². The number of cyclic esters (lactones) is 1. The molecule has 1 saturated carbocycles. The predicted molar refractivity (Wildman–Crippen MR) is 279 cm³/mol. The Morgan fingerprint density at radius 2 is 1.82 bits per heavy atom. The molecule has 18 nitrogen and oxygen atoms in total. The minimum Gasteiger partial charge on any atom is -0.464 e. The van der Waals surface area contributed by atoms with Crippen LogP contribution in [0.25, 0.3) is 33.4 Å². The summed E-state index contributed by atoms with van der Waals surface area (Å²) in [4.78, 5) is 61.1. The summed E-state index contributed by atoms with van der Waals surface area (Å²) in [5.74, 6) is -1.45. The van der Waals surface area contributed by atoms with E-state index in [0.29, 0.717) is 89.7 Å². The number of rotatable bonds is 12. The molecule has 396 valence electrons. The molecule has 6 fully saturated rings. The van der Waals surface area contributed by atoms with E-state index in [1.807, 2.05) is 11.6 Å². The van der Waals surface area contributed by atoms with Crippen LogP contribution < -0.4 is 15.6 Å². The molecule has 6 bridgehead atoms. The second-order valence-electron chi connectivity index (χ2n) is 22.2. The number of nitriles is 1. The third-order valence-corrected chi connectivity index (χ3v) is 17.3. The quantitative estimate of drug-likeness (QED) is 0.162. The fourth-order valence-corrected chi connectivity index (χ4v) is 12.9. The van der Waals surface area contributed by atoms with Crippen molar-refractivity contribution in [2.75, 3.05) is 90.9 Å². The van der Waals surface area contributed by atoms with Crippen molar-refractivity contribution in [2.45, 2.75) is 128 Å². The molecule has 11 rings (SSSR count). The number of hydrogen-bond donors (Lipinski definition) is 2. The lowest BCUT2D eigenvalue weighted by molar-refractivity contribution is -0.157. The van der Waals surface area contributed by atoms with E-state index in [1.165, 1.54) is 29.2 Å². The highest BCUT2D eigenvalue weighted by Crippen LogP contribution is 2.44. The average Bonchev–Trinajstić information content (AvgIpc) is 3.82. The molecule has 9 heterocycles. The molecule has 6 aliphatic heterocycles. The van der Waals surface area contributed by atoms with Gasteiger partial charge in [-0.1, -0.05) is 19.9 Å². The molecule has 1 aromatic carbocycles. The standard InChI is InChI=1S/C55H72N10O8S/c1-34(69-4)47-41(27-38(30-57-47)62-19-17-61(18-20-62)37-8-9-37)49-42-28-55(2,3)33-73-54(68)43-6-5-15-65(60-43)53(67)48(59-51(66)46-14-24-72-46)50(63-16-11-35(29-56)31-63)52-58-44(32-74-52)36-7-10-45(40(42)26-36)64(49)21-25-71-39-12-22-70-23-13-39/h7,10,26-27,30,32,34-35,37,39,43,46,48,50,60H,5-6,8-9,11-25,28,31,33H2,1-4H3,(H,59,66)/t34-,35-,43-,46?,48-,50-/m0/s1. The number of likely N-dealkylation sites (tertiary alicyclic amines) is 1. The highest BCUT2D eigenvalue weighted by Gasteiger charge is 2.45. The number of amides is 2. The van der Waals surface area contributed by atoms with Gasteiger partial charge in [0.15, 0.2) is 0 Å². The smallest absolute Gasteiger partial charge is 0.324 e. The van der Waals surface area contributed by atoms with Gasteiger partial charge in [-0.2, -0.15) is 5.26 Å². The number of fused-ring (bicyclic) bond motifs is 6. The first kappa shape index (κ1) is 51.1. The van der Waals surface area contributed by atoms with Gasteiger partial charge in [0.2, 0.25) is 5.91 Å². The Hall–Kier alpha value is -5.04. The van der Waals surface area contributed by atoms with Gasteiger partial charge in [0.25, 0.3) is 5.91 Å². The summed E-state index contributed by atoms with van der Waals surface area (Å²) < 4.78 is 32.8. The van der Waals surface area contributed by atoms with E-state index >= 15 is 4.79 Å². The van der Waals surface area contributed by atoms with E-state index in [-0.39, 0.29) is 36.5 Å². The van der Waals surface area contributed by atoms with E-state index in [1.54, 1.807) is 7.11 Å². The predicted octanol–water partition coefficient (Wildman–Crippen LogP) is 5.80. The number of ether oxygens (including phenoxy) is 5. The van der Waals surface area contributed by atoms with Crippen LogP contribution in [0.2, 0.25) is 0 Å². The summed E-state index contributed by atoms with van der Waals surface area (Å²) in [6.45, 7) is 14.5. The number of carbonyl (C=O) groups excluding carboxylic acids is 3. The van der Waals surface area contributed by atoms with E-state index < -0.39 is 35.6 Å². The summed E-state index contributed by atoms with van der Waals surface area (Å²) in [7, 11) is 1.73. The maximum Gasteiger partial charge on any atom is 0.324 e. The summed E-state index contributed by atoms with van der Waals surface area (Å²) in [5.41, 5.74) is 10.4. The Bertz CT molecular complexity index is 2740. The van der Waals surface area contributed by atoms with Crippen molar-refractivity contribution < 1.29 is 38.1 Å². The largest absolute Gasteiger partial charge is 0.464 e. The monoisotopic (exact) mass is 1030 g/mol. The van der Waals surface area contributed by atoms with Crippen LogP contribution in [0.4, 0.5) is 5.69 Å². The third-order valence-electron chi connectivity index (χ3n) is 16.4. The van der Waals surface area contributed by atoms with Crippen molar-refractivity contribution in [3.05, 3.63) is 52.1 Å². The van der Waals surface area contributed by atoms with E-state index in [2.05, 4.69) is 81.1 Å². The molecule has 1 aliphatic carbocycles. The summed E-state index contributed by atoms with van der Waals surface area (Å²) in [5, 5.41) is 18.4. The number of nitrogens with one attached hydrogen (secondary N) is 2. The molecule has 0 spiro atoms. The number of esters is 1. The molecule has 0 radical (unpaired) electrons. The van der Waals surface area contributed by atoms with E-state index in [9.17, 15) is 14.9 Å². The first-order chi connectivity index (χ1) is 35.9. The number of hydrogen-bond acceptors (Lipinski definition) is 16. The number of methoxy groups -OCH3 is 1. The third kappa shape index (κ3) is 10.7. The van der Waals surface area contributed by atoms with Crippen LogP contribution in [0, 0.1) is 22.7 Å². The number of piperazine rings is 1. The van der Waals surface area contributed by atoms with Crippen molar-refractivity contribution in [3.8, 4) is 28.6 Å². The fraction of sp³-hybridized carbons (Fsp3) is 0.636. The molecule has 3 aromatic heterocycles. The van der Waals surface area contributed by atoms with Crippen LogP contribution in [-0.2, 0) is 51.0 Å². The molecular formula is C55H72N10O8S. The zero-order valence-electron chi connectivity index (χ0n) is 43.4. The molecule has 6 atom stereocenters. The van der Waals surface area contributed by atoms with Crippen molar-refractivity contribution in [2.24, 2.45) is 11.3 Å². The second kappa shape index (κ2) is 21.9. The van der Waals surface area contributed by atoms with Gasteiger partial charge in [-0.3, -0.25) is 34.2 Å². The number of carbonyl (C=O) groups is 3. The van der Waals surface area contributed by atoms with Crippen molar-refractivity contribution in [1.82, 2.24) is 40.1 Å². The number of benzene rings is 1. The molecule has 7 aliphatic rings. The highest BCUT2D eigenvalue weighted by molar-refractivity contribution is 7.10. The van der Waals surface area contributed by atoms with Gasteiger partial charge in [-0.15, -0.1) is 11.3 Å². The summed E-state index contributed by atoms with van der Waals surface area (Å²) in [6, 6.07) is 9.41. The van der Waals surface area contributed by atoms with Gasteiger partial charge in [0, 0.05) is 118 Å². The zero-order chi connectivity index (χ0) is 51.1. The molecule has 1 unspecified atom stereocenters. The molecule has 2 amide bonds. The Labute approximate surface area is 437 Å². The Kier molecular flexibility index (Phi) is 15.1. The van der Waals surface area contributed by atoms with Crippen LogP contribution in [0.5, 0.6) is 0 Å². The molecule has 74 heavy (non-hydrogen) atoms.